The minimum atomic E-state index is 0.725. The Kier molecular flexibility index (Phi) is 5.45. The lowest BCUT2D eigenvalue weighted by Gasteiger charge is -2.29. The van der Waals surface area contributed by atoms with Crippen LogP contribution in [0.3, 0.4) is 0 Å². The van der Waals surface area contributed by atoms with E-state index in [-0.39, 0.29) is 0 Å². The van der Waals surface area contributed by atoms with E-state index in [1.54, 1.807) is 0 Å². The van der Waals surface area contributed by atoms with Crippen LogP contribution in [0.4, 0.5) is 0 Å². The molecule has 3 heteroatoms. The van der Waals surface area contributed by atoms with Crippen LogP contribution in [0.5, 0.6) is 0 Å². The third-order valence-electron chi connectivity index (χ3n) is 3.08. The Morgan fingerprint density at radius 2 is 2.29 bits per heavy atom. The minimum Gasteiger partial charge on any atom is -0.314 e. The molecule has 1 rings (SSSR count). The van der Waals surface area contributed by atoms with Crippen LogP contribution in [0, 0.1) is 5.92 Å². The van der Waals surface area contributed by atoms with Gasteiger partial charge in [-0.2, -0.15) is 0 Å². The molecule has 3 nitrogen and oxygen atoms in total. The van der Waals surface area contributed by atoms with Crippen LogP contribution >= 0.6 is 0 Å². The number of piperidine rings is 1. The first-order valence-corrected chi connectivity index (χ1v) is 5.79. The van der Waals surface area contributed by atoms with Crippen LogP contribution in [0.2, 0.25) is 0 Å². The summed E-state index contributed by atoms with van der Waals surface area (Å²) in [6.45, 7) is 5.73. The number of rotatable bonds is 5. The van der Waals surface area contributed by atoms with Gasteiger partial charge in [-0.05, 0) is 59.3 Å². The predicted octanol–water partition coefficient (Wildman–Crippen LogP) is 0.873. The molecule has 84 valence electrons. The van der Waals surface area contributed by atoms with Gasteiger partial charge in [0.1, 0.15) is 0 Å². The van der Waals surface area contributed by atoms with Gasteiger partial charge >= 0.3 is 0 Å². The molecule has 2 N–H and O–H groups in total. The molecule has 0 saturated carbocycles. The van der Waals surface area contributed by atoms with Gasteiger partial charge in [-0.3, -0.25) is 4.90 Å². The first-order chi connectivity index (χ1) is 6.72. The molecule has 0 radical (unpaired) electrons. The summed E-state index contributed by atoms with van der Waals surface area (Å²) in [7, 11) is 4.18. The first-order valence-electron chi connectivity index (χ1n) is 5.79. The monoisotopic (exact) mass is 199 g/mol. The van der Waals surface area contributed by atoms with Gasteiger partial charge in [-0.25, -0.2) is 0 Å². The van der Waals surface area contributed by atoms with Crippen molar-refractivity contribution in [2.45, 2.75) is 32.2 Å². The second-order valence-electron chi connectivity index (χ2n) is 4.63. The molecule has 0 aromatic rings. The summed E-state index contributed by atoms with van der Waals surface area (Å²) in [6.07, 6.45) is 4.06. The number of hydrogen-bond donors (Lipinski definition) is 2. The van der Waals surface area contributed by atoms with Gasteiger partial charge < -0.3 is 10.6 Å². The molecule has 1 unspecified atom stereocenters. The maximum Gasteiger partial charge on any atom is 0.0475 e. The molecular formula is C11H25N3. The number of hydrogen-bond acceptors (Lipinski definition) is 3. The molecule has 0 bridgehead atoms. The van der Waals surface area contributed by atoms with Crippen LogP contribution in [-0.2, 0) is 0 Å². The Bertz CT molecular complexity index is 149. The Balaban J connectivity index is 2.10. The van der Waals surface area contributed by atoms with Crippen molar-refractivity contribution in [1.29, 1.82) is 0 Å². The second-order valence-corrected chi connectivity index (χ2v) is 4.63. The summed E-state index contributed by atoms with van der Waals surface area (Å²) >= 11 is 0. The third-order valence-corrected chi connectivity index (χ3v) is 3.08. The van der Waals surface area contributed by atoms with E-state index in [4.69, 9.17) is 0 Å². The highest BCUT2D eigenvalue weighted by Crippen LogP contribution is 2.19. The molecule has 0 aliphatic carbocycles. The maximum absolute atomic E-state index is 3.50. The van der Waals surface area contributed by atoms with Crippen molar-refractivity contribution < 1.29 is 0 Å². The van der Waals surface area contributed by atoms with Crippen molar-refractivity contribution in [3.8, 4) is 0 Å². The lowest BCUT2D eigenvalue weighted by atomic mass is 9.90. The fraction of sp³-hybridized carbons (Fsp3) is 1.00. The van der Waals surface area contributed by atoms with E-state index in [2.05, 4.69) is 29.5 Å². The normalized spacial score (nSPS) is 28.3. The molecule has 1 heterocycles. The van der Waals surface area contributed by atoms with Crippen LogP contribution in [0.15, 0.2) is 0 Å². The van der Waals surface area contributed by atoms with Crippen molar-refractivity contribution in [3.05, 3.63) is 0 Å². The van der Waals surface area contributed by atoms with Gasteiger partial charge in [0.25, 0.3) is 0 Å². The minimum absolute atomic E-state index is 0.725. The summed E-state index contributed by atoms with van der Waals surface area (Å²) < 4.78 is 0. The summed E-state index contributed by atoms with van der Waals surface area (Å²) in [5.41, 5.74) is 0. The molecule has 1 aliphatic heterocycles. The zero-order chi connectivity index (χ0) is 10.4. The lowest BCUT2D eigenvalue weighted by molar-refractivity contribution is 0.244. The topological polar surface area (TPSA) is 27.3 Å². The van der Waals surface area contributed by atoms with Gasteiger partial charge in [-0.1, -0.05) is 0 Å². The molecule has 1 saturated heterocycles. The van der Waals surface area contributed by atoms with Crippen molar-refractivity contribution in [1.82, 2.24) is 15.5 Å². The highest BCUT2D eigenvalue weighted by atomic mass is 15.2. The van der Waals surface area contributed by atoms with Gasteiger partial charge in [0.2, 0.25) is 0 Å². The van der Waals surface area contributed by atoms with Crippen molar-refractivity contribution in [2.24, 2.45) is 5.92 Å². The fourth-order valence-corrected chi connectivity index (χ4v) is 2.25. The zero-order valence-electron chi connectivity index (χ0n) is 9.84. The van der Waals surface area contributed by atoms with E-state index < -0.39 is 0 Å². The van der Waals surface area contributed by atoms with Gasteiger partial charge in [-0.15, -0.1) is 0 Å². The molecule has 2 atom stereocenters. The quantitative estimate of drug-likeness (QED) is 0.644. The Morgan fingerprint density at radius 1 is 1.50 bits per heavy atom. The van der Waals surface area contributed by atoms with E-state index in [1.807, 2.05) is 7.05 Å². The average molecular weight is 199 g/mol. The molecule has 0 aromatic carbocycles. The van der Waals surface area contributed by atoms with Crippen LogP contribution in [0.25, 0.3) is 0 Å². The Hall–Kier alpha value is -0.120. The van der Waals surface area contributed by atoms with Gasteiger partial charge in [0, 0.05) is 12.7 Å². The van der Waals surface area contributed by atoms with Crippen LogP contribution in [0.1, 0.15) is 26.2 Å². The highest BCUT2D eigenvalue weighted by molar-refractivity contribution is 4.75. The first kappa shape index (κ1) is 12.0. The van der Waals surface area contributed by atoms with E-state index in [1.165, 1.54) is 32.4 Å². The highest BCUT2D eigenvalue weighted by Gasteiger charge is 2.17. The largest absolute Gasteiger partial charge is 0.314 e. The standard InChI is InChI=1S/C11H25N3/c1-10-8-11(4-6-13-10)5-7-14(3)9-12-2/h10-13H,4-9H2,1-3H3/t10-,11?/m0/s1. The smallest absolute Gasteiger partial charge is 0.0475 e. The summed E-state index contributed by atoms with van der Waals surface area (Å²) in [5.74, 6) is 0.936. The van der Waals surface area contributed by atoms with Crippen molar-refractivity contribution >= 4 is 0 Å². The van der Waals surface area contributed by atoms with Gasteiger partial charge in [0.15, 0.2) is 0 Å². The lowest BCUT2D eigenvalue weighted by Crippen LogP contribution is -2.37. The predicted molar refractivity (Wildman–Crippen MR) is 61.4 cm³/mol. The fourth-order valence-electron chi connectivity index (χ4n) is 2.25. The molecule has 14 heavy (non-hydrogen) atoms. The Labute approximate surface area is 88.2 Å². The average Bonchev–Trinajstić information content (AvgIpc) is 2.15. The van der Waals surface area contributed by atoms with E-state index in [9.17, 15) is 0 Å². The number of nitrogens with zero attached hydrogens (tertiary/aromatic N) is 1. The molecule has 0 aromatic heterocycles. The molecule has 0 amide bonds. The molecular weight excluding hydrogens is 174 g/mol. The van der Waals surface area contributed by atoms with Crippen LogP contribution < -0.4 is 10.6 Å². The van der Waals surface area contributed by atoms with Crippen molar-refractivity contribution in [3.63, 3.8) is 0 Å². The molecule has 1 fully saturated rings. The molecule has 0 spiro atoms. The molecule has 1 aliphatic rings. The maximum atomic E-state index is 3.50. The van der Waals surface area contributed by atoms with Crippen molar-refractivity contribution in [2.75, 3.05) is 33.9 Å². The Morgan fingerprint density at radius 3 is 2.93 bits per heavy atom. The van der Waals surface area contributed by atoms with E-state index in [0.717, 1.165) is 18.6 Å². The summed E-state index contributed by atoms with van der Waals surface area (Å²) in [4.78, 5) is 2.35. The third kappa shape index (κ3) is 4.40. The number of nitrogens with one attached hydrogen (secondary N) is 2. The zero-order valence-corrected chi connectivity index (χ0v) is 9.84. The van der Waals surface area contributed by atoms with E-state index in [0.29, 0.717) is 0 Å². The summed E-state index contributed by atoms with van der Waals surface area (Å²) in [5, 5.41) is 6.68. The van der Waals surface area contributed by atoms with Gasteiger partial charge in [0.05, 0.1) is 0 Å². The van der Waals surface area contributed by atoms with Crippen LogP contribution in [-0.4, -0.2) is 44.8 Å². The second kappa shape index (κ2) is 6.38. The van der Waals surface area contributed by atoms with E-state index >= 15 is 0 Å². The summed E-state index contributed by atoms with van der Waals surface area (Å²) in [6, 6.07) is 0.725. The SMILES string of the molecule is CNCN(C)CCC1CCN[C@@H](C)C1.